The molecule has 0 unspecified atom stereocenters. The van der Waals surface area contributed by atoms with Crippen LogP contribution >= 0.6 is 0 Å². The monoisotopic (exact) mass is 340 g/mol. The van der Waals surface area contributed by atoms with Crippen molar-refractivity contribution >= 4 is 6.03 Å². The van der Waals surface area contributed by atoms with Crippen molar-refractivity contribution in [1.82, 2.24) is 24.3 Å². The van der Waals surface area contributed by atoms with E-state index < -0.39 is 0 Å². The largest absolute Gasteiger partial charge is 0.477 e. The van der Waals surface area contributed by atoms with Crippen LogP contribution in [0.5, 0.6) is 5.88 Å². The van der Waals surface area contributed by atoms with Crippen molar-refractivity contribution in [2.45, 2.75) is 13.1 Å². The summed E-state index contributed by atoms with van der Waals surface area (Å²) in [6.45, 7) is 2.27. The van der Waals surface area contributed by atoms with E-state index in [9.17, 15) is 4.79 Å². The first-order valence-electron chi connectivity index (χ1n) is 8.01. The number of fused-ring (bicyclic) bond motifs is 1. The fraction of sp³-hybridized carbons (Fsp3) is 0.412. The van der Waals surface area contributed by atoms with Crippen LogP contribution in [0.3, 0.4) is 0 Å². The zero-order valence-corrected chi connectivity index (χ0v) is 14.3. The molecule has 8 heteroatoms. The molecule has 3 heterocycles. The van der Waals surface area contributed by atoms with Gasteiger partial charge in [-0.25, -0.2) is 14.8 Å². The van der Waals surface area contributed by atoms with Crippen LogP contribution in [0.15, 0.2) is 30.9 Å². The quantitative estimate of drug-likeness (QED) is 0.841. The van der Waals surface area contributed by atoms with E-state index in [1.165, 1.54) is 6.20 Å². The number of amides is 2. The van der Waals surface area contributed by atoms with Crippen LogP contribution < -0.4 is 4.74 Å². The Morgan fingerprint density at radius 3 is 2.92 bits per heavy atom. The molecule has 1 aliphatic heterocycles. The van der Waals surface area contributed by atoms with E-state index in [1.54, 1.807) is 48.6 Å². The van der Waals surface area contributed by atoms with E-state index in [0.29, 0.717) is 31.1 Å². The molecular weight excluding hydrogens is 320 g/mol. The summed E-state index contributed by atoms with van der Waals surface area (Å²) >= 11 is 0. The zero-order chi connectivity index (χ0) is 17.8. The maximum absolute atomic E-state index is 12.4. The maximum Gasteiger partial charge on any atom is 0.319 e. The van der Waals surface area contributed by atoms with Gasteiger partial charge >= 0.3 is 6.03 Å². The highest BCUT2D eigenvalue weighted by molar-refractivity contribution is 5.73. The number of ether oxygens (including phenoxy) is 1. The molecule has 1 aliphatic rings. The van der Waals surface area contributed by atoms with E-state index in [-0.39, 0.29) is 11.9 Å². The number of hydrogen-bond acceptors (Lipinski definition) is 5. The first kappa shape index (κ1) is 16.8. The van der Waals surface area contributed by atoms with Gasteiger partial charge in [-0.1, -0.05) is 0 Å². The van der Waals surface area contributed by atoms with Crippen LogP contribution in [0.4, 0.5) is 4.79 Å². The molecule has 2 aromatic heterocycles. The minimum Gasteiger partial charge on any atom is -0.477 e. The number of pyridine rings is 1. The second kappa shape index (κ2) is 7.21. The Morgan fingerprint density at radius 1 is 1.40 bits per heavy atom. The van der Waals surface area contributed by atoms with Gasteiger partial charge in [0.05, 0.1) is 30.7 Å². The summed E-state index contributed by atoms with van der Waals surface area (Å²) in [7, 11) is 3.49. The van der Waals surface area contributed by atoms with E-state index in [4.69, 9.17) is 10.00 Å². The van der Waals surface area contributed by atoms with E-state index in [2.05, 4.69) is 14.5 Å². The van der Waals surface area contributed by atoms with Crippen molar-refractivity contribution in [2.24, 2.45) is 5.92 Å². The molecule has 25 heavy (non-hydrogen) atoms. The molecular formula is C17H20N6O2. The predicted octanol–water partition coefficient (Wildman–Crippen LogP) is 1.34. The number of carbonyl (C=O) groups is 1. The van der Waals surface area contributed by atoms with Gasteiger partial charge in [-0.3, -0.25) is 0 Å². The van der Waals surface area contributed by atoms with Crippen molar-refractivity contribution in [3.05, 3.63) is 42.1 Å². The molecule has 2 amide bonds. The molecule has 0 fully saturated rings. The molecule has 0 aromatic carbocycles. The Labute approximate surface area is 146 Å². The Balaban J connectivity index is 1.71. The van der Waals surface area contributed by atoms with Crippen molar-refractivity contribution < 1.29 is 9.53 Å². The molecule has 0 bridgehead atoms. The molecule has 0 saturated carbocycles. The van der Waals surface area contributed by atoms with Gasteiger partial charge in [-0.2, -0.15) is 5.26 Å². The minimum absolute atomic E-state index is 0.0313. The smallest absolute Gasteiger partial charge is 0.319 e. The van der Waals surface area contributed by atoms with Crippen LogP contribution in [0.2, 0.25) is 0 Å². The molecule has 0 N–H and O–H groups in total. The number of rotatable bonds is 3. The van der Waals surface area contributed by atoms with Gasteiger partial charge in [0.2, 0.25) is 5.88 Å². The molecule has 2 aromatic rings. The Hall–Kier alpha value is -3.08. The lowest BCUT2D eigenvalue weighted by Crippen LogP contribution is -2.41. The van der Waals surface area contributed by atoms with Crippen LogP contribution in [0, 0.1) is 17.2 Å². The van der Waals surface area contributed by atoms with Gasteiger partial charge in [-0.15, -0.1) is 0 Å². The highest BCUT2D eigenvalue weighted by Crippen LogP contribution is 2.18. The Morgan fingerprint density at radius 2 is 2.24 bits per heavy atom. The summed E-state index contributed by atoms with van der Waals surface area (Å²) in [5, 5.41) is 8.81. The van der Waals surface area contributed by atoms with Crippen LogP contribution in [0.25, 0.3) is 0 Å². The summed E-state index contributed by atoms with van der Waals surface area (Å²) in [4.78, 5) is 24.1. The van der Waals surface area contributed by atoms with E-state index >= 15 is 0 Å². The average Bonchev–Trinajstić information content (AvgIpc) is 2.97. The van der Waals surface area contributed by atoms with Crippen molar-refractivity contribution in [1.29, 1.82) is 5.26 Å². The number of nitriles is 1. The molecule has 3 rings (SSSR count). The second-order valence-electron chi connectivity index (χ2n) is 6.27. The molecule has 0 aliphatic carbocycles. The summed E-state index contributed by atoms with van der Waals surface area (Å²) in [6.07, 6.45) is 5.06. The van der Waals surface area contributed by atoms with E-state index in [0.717, 1.165) is 12.2 Å². The number of urea groups is 1. The molecule has 130 valence electrons. The Bertz CT molecular complexity index is 777. The van der Waals surface area contributed by atoms with Gasteiger partial charge in [0.1, 0.15) is 6.07 Å². The molecule has 0 radical (unpaired) electrons. The van der Waals surface area contributed by atoms with Gasteiger partial charge in [-0.05, 0) is 6.07 Å². The summed E-state index contributed by atoms with van der Waals surface area (Å²) < 4.78 is 7.83. The first-order valence-corrected chi connectivity index (χ1v) is 8.01. The lowest BCUT2D eigenvalue weighted by Gasteiger charge is -2.27. The maximum atomic E-state index is 12.4. The van der Waals surface area contributed by atoms with Gasteiger partial charge in [0.15, 0.2) is 0 Å². The summed E-state index contributed by atoms with van der Waals surface area (Å²) in [5.74, 6) is 0.580. The number of imidazole rings is 1. The van der Waals surface area contributed by atoms with Crippen molar-refractivity contribution in [2.75, 3.05) is 27.2 Å². The minimum atomic E-state index is -0.0313. The topological polar surface area (TPSA) is 87.3 Å². The third kappa shape index (κ3) is 3.88. The average molecular weight is 340 g/mol. The van der Waals surface area contributed by atoms with Gasteiger partial charge in [0.25, 0.3) is 0 Å². The Kier molecular flexibility index (Phi) is 4.84. The highest BCUT2D eigenvalue weighted by Gasteiger charge is 2.26. The number of hydrogen-bond donors (Lipinski definition) is 0. The van der Waals surface area contributed by atoms with Crippen molar-refractivity contribution in [3.63, 3.8) is 0 Å². The molecule has 0 spiro atoms. The molecule has 1 atom stereocenters. The molecule has 8 nitrogen and oxygen atoms in total. The zero-order valence-electron chi connectivity index (χ0n) is 14.3. The lowest BCUT2D eigenvalue weighted by molar-refractivity contribution is 0.145. The number of nitrogens with zero attached hydrogens (tertiary/aromatic N) is 6. The lowest BCUT2D eigenvalue weighted by atomic mass is 10.1. The standard InChI is InChI=1S/C17H20N6O2/c1-21(2)17(24)22-8-14(9-23-12-19-7-15(23)10-22)11-25-16-4-3-13(5-18)6-20-16/h3-4,6-7,12,14H,8-11H2,1-2H3/t14-/m0/s1. The van der Waals surface area contributed by atoms with Crippen LogP contribution in [-0.4, -0.2) is 57.6 Å². The fourth-order valence-corrected chi connectivity index (χ4v) is 2.82. The number of aromatic nitrogens is 3. The van der Waals surface area contributed by atoms with Gasteiger partial charge < -0.3 is 19.1 Å². The third-order valence-corrected chi connectivity index (χ3v) is 4.07. The SMILES string of the molecule is CN(C)C(=O)N1Cc2cncn2C[C@@H](COc2ccc(C#N)cn2)C1. The fourth-order valence-electron chi connectivity index (χ4n) is 2.82. The van der Waals surface area contributed by atoms with Gasteiger partial charge in [0, 0.05) is 51.6 Å². The second-order valence-corrected chi connectivity index (χ2v) is 6.27. The summed E-state index contributed by atoms with van der Waals surface area (Å²) in [6, 6.07) is 5.35. The molecule has 0 saturated heterocycles. The third-order valence-electron chi connectivity index (χ3n) is 4.07. The van der Waals surface area contributed by atoms with Crippen LogP contribution in [-0.2, 0) is 13.1 Å². The first-order chi connectivity index (χ1) is 12.1. The normalized spacial score (nSPS) is 16.5. The summed E-state index contributed by atoms with van der Waals surface area (Å²) in [5.41, 5.74) is 1.50. The highest BCUT2D eigenvalue weighted by atomic mass is 16.5. The van der Waals surface area contributed by atoms with E-state index in [1.807, 2.05) is 6.07 Å². The predicted molar refractivity (Wildman–Crippen MR) is 89.7 cm³/mol. The number of carbonyl (C=O) groups excluding carboxylic acids is 1. The van der Waals surface area contributed by atoms with Crippen molar-refractivity contribution in [3.8, 4) is 11.9 Å². The van der Waals surface area contributed by atoms with Crippen LogP contribution in [0.1, 0.15) is 11.3 Å².